The summed E-state index contributed by atoms with van der Waals surface area (Å²) in [4.78, 5) is 61.5. The molecule has 9 N–H and O–H groups in total. The number of ketones is 1. The molecule has 0 radical (unpaired) electrons. The highest BCUT2D eigenvalue weighted by atomic mass is 16.7. The van der Waals surface area contributed by atoms with E-state index < -0.39 is 164 Å². The van der Waals surface area contributed by atoms with Gasteiger partial charge in [-0.05, 0) is 67.6 Å². The number of allylic oxidation sites excluding steroid dienone is 3. The van der Waals surface area contributed by atoms with Crippen LogP contribution in [0.25, 0.3) is 0 Å². The summed E-state index contributed by atoms with van der Waals surface area (Å²) in [6.45, 7) is 13.5. The number of cyclic esters (lactones) is 1. The van der Waals surface area contributed by atoms with Crippen molar-refractivity contribution in [2.24, 2.45) is 23.7 Å². The Labute approximate surface area is 426 Å². The second-order valence-corrected chi connectivity index (χ2v) is 19.9. The molecule has 0 aromatic carbocycles. The van der Waals surface area contributed by atoms with Gasteiger partial charge in [0.2, 0.25) is 0 Å². The van der Waals surface area contributed by atoms with Crippen LogP contribution < -0.4 is 0 Å². The molecule has 4 aliphatic rings. The number of ether oxygens (including phenoxy) is 9. The van der Waals surface area contributed by atoms with E-state index in [1.807, 2.05) is 13.0 Å². The van der Waals surface area contributed by atoms with Crippen molar-refractivity contribution in [1.82, 2.24) is 4.90 Å². The van der Waals surface area contributed by atoms with E-state index in [1.54, 1.807) is 66.6 Å². The summed E-state index contributed by atoms with van der Waals surface area (Å²) in [6.07, 6.45) is -13.6. The van der Waals surface area contributed by atoms with E-state index in [-0.39, 0.29) is 25.2 Å². The molecule has 0 aromatic rings. The fraction of sp³-hybridized carbons (Fsp3) is 0.816. The van der Waals surface area contributed by atoms with Gasteiger partial charge >= 0.3 is 17.9 Å². The fourth-order valence-corrected chi connectivity index (χ4v) is 9.46. The second-order valence-electron chi connectivity index (χ2n) is 19.9. The van der Waals surface area contributed by atoms with Crippen molar-refractivity contribution in [3.05, 3.63) is 23.8 Å². The average molecular weight is 1050 g/mol. The number of carboxylic acid groups (broad SMARTS) is 2. The van der Waals surface area contributed by atoms with Gasteiger partial charge in [-0.1, -0.05) is 38.5 Å². The first-order valence-corrected chi connectivity index (χ1v) is 24.5. The molecule has 0 saturated carbocycles. The first kappa shape index (κ1) is 63.9. The van der Waals surface area contributed by atoms with Gasteiger partial charge in [0.15, 0.2) is 36.9 Å². The maximum atomic E-state index is 13.7. The Bertz CT molecular complexity index is 1830. The van der Waals surface area contributed by atoms with Gasteiger partial charge in [0.05, 0.1) is 55.2 Å². The maximum absolute atomic E-state index is 13.7. The number of likely N-dealkylation sites (N-methyl/N-ethyl adjacent to an activating group) is 1. The fourth-order valence-electron chi connectivity index (χ4n) is 9.46. The minimum absolute atomic E-state index is 0.0117. The molecule has 0 aromatic heterocycles. The second kappa shape index (κ2) is 28.6. The lowest BCUT2D eigenvalue weighted by atomic mass is 9.81. The van der Waals surface area contributed by atoms with Gasteiger partial charge in [-0.3, -0.25) is 9.59 Å². The number of carbonyl (C=O) groups is 5. The van der Waals surface area contributed by atoms with Crippen LogP contribution in [0.15, 0.2) is 23.8 Å². The number of esters is 1. The number of rotatable bonds is 15. The number of aldehydes is 1. The summed E-state index contributed by atoms with van der Waals surface area (Å²) >= 11 is 0. The molecule has 4 heterocycles. The quantitative estimate of drug-likeness (QED) is 0.0725. The summed E-state index contributed by atoms with van der Waals surface area (Å²) in [7, 11) is 6.40. The van der Waals surface area contributed by atoms with Gasteiger partial charge in [-0.25, -0.2) is 9.59 Å². The molecule has 4 unspecified atom stereocenters. The van der Waals surface area contributed by atoms with E-state index in [2.05, 4.69) is 0 Å². The van der Waals surface area contributed by atoms with Crippen LogP contribution in [-0.2, 0) is 66.6 Å². The van der Waals surface area contributed by atoms with Gasteiger partial charge in [0.25, 0.3) is 0 Å². The van der Waals surface area contributed by atoms with Crippen molar-refractivity contribution >= 4 is 30.0 Å². The number of hydrogen-bond acceptors (Lipinski definition) is 22. The Morgan fingerprint density at radius 1 is 0.836 bits per heavy atom. The third kappa shape index (κ3) is 17.0. The summed E-state index contributed by atoms with van der Waals surface area (Å²) in [5.74, 6) is -7.68. The minimum atomic E-state index is -2.27. The minimum Gasteiger partial charge on any atom is -0.479 e. The van der Waals surface area contributed by atoms with Gasteiger partial charge in [0, 0.05) is 44.3 Å². The SMILES string of the molecule is CCC1OC(=O)C[C@H](O)[C@@H](C)C(O[C@@H]2O[C@H](C)[C@@H](O[C@H]3C[C@@](C)(O)[C@@H](O)[C@H](C)O3)[C@H](N(C)C)[C@H]2O)[C@@H](C=O)C[C@@H](C)C(=O)/C=C/C(C)=C\[C@@H]1CO[C@H]1O[C@@H](C)[C@H](O)[C@H](OC)[C@@H]1OC.O=C(O)C(O)C(O)C(=O)O. The number of carbonyl (C=O) groups excluding carboxylic acids is 3. The molecule has 0 bridgehead atoms. The van der Waals surface area contributed by atoms with Crippen molar-refractivity contribution in [3.8, 4) is 0 Å². The first-order chi connectivity index (χ1) is 34.0. The van der Waals surface area contributed by atoms with Crippen LogP contribution in [0.1, 0.15) is 81.1 Å². The summed E-state index contributed by atoms with van der Waals surface area (Å²) in [6, 6.07) is -0.767. The highest BCUT2D eigenvalue weighted by molar-refractivity contribution is 5.92. The molecule has 4 aliphatic heterocycles. The number of carboxylic acids is 2. The molecule has 0 amide bonds. The van der Waals surface area contributed by atoms with Crippen molar-refractivity contribution in [1.29, 1.82) is 0 Å². The Morgan fingerprint density at radius 2 is 1.42 bits per heavy atom. The maximum Gasteiger partial charge on any atom is 0.335 e. The third-order valence-electron chi connectivity index (χ3n) is 13.9. The number of aliphatic hydroxyl groups is 7. The molecule has 0 spiro atoms. The van der Waals surface area contributed by atoms with Crippen LogP contribution in [0.3, 0.4) is 0 Å². The number of methoxy groups -OCH3 is 2. The average Bonchev–Trinajstić information content (AvgIpc) is 3.32. The lowest BCUT2D eigenvalue weighted by molar-refractivity contribution is -0.341. The number of aliphatic carboxylic acids is 2. The molecule has 3 saturated heterocycles. The smallest absolute Gasteiger partial charge is 0.335 e. The van der Waals surface area contributed by atoms with E-state index in [9.17, 15) is 49.5 Å². The molecule has 24 nitrogen and oxygen atoms in total. The van der Waals surface area contributed by atoms with E-state index in [0.29, 0.717) is 18.3 Å². The zero-order valence-corrected chi connectivity index (χ0v) is 43.7. The Morgan fingerprint density at radius 3 is 1.95 bits per heavy atom. The van der Waals surface area contributed by atoms with Crippen molar-refractivity contribution in [3.63, 3.8) is 0 Å². The number of aliphatic hydroxyl groups excluding tert-OH is 6. The Hall–Kier alpha value is -3.41. The Kier molecular flexibility index (Phi) is 25.1. The predicted octanol–water partition coefficient (Wildman–Crippen LogP) is -0.679. The standard InChI is InChI=1S/C45H75NO17.C4H6O6/c1-13-32-29(21-57-44-41(56-12)40(55-11)36(51)25(5)59-44)16-22(2)14-15-30(48)23(3)17-28(20-47)38(24(4)31(49)18-33(50)61-32)63-43-37(52)35(46(9)10)39(26(6)60-43)62-34-19-45(8,54)42(53)27(7)58-34;5-1(3(7)8)2(6)4(9)10/h14-16,20,23-29,31-32,34-44,49,51-54H,13,17-19,21H2,1-12H3;1-2,5-6H,(H,7,8)(H,9,10)/b15-14+,22-16-;/t23-,24-,25+,26-,27+,28-,29-,31+,32?,34+,35-,36+,37-,38?,39-,40+,41+,42+,43+,44+,45-;/m1./s1. The third-order valence-corrected chi connectivity index (χ3v) is 13.9. The lowest BCUT2D eigenvalue weighted by Gasteiger charge is -2.50. The largest absolute Gasteiger partial charge is 0.479 e. The van der Waals surface area contributed by atoms with E-state index in [0.717, 1.165) is 0 Å². The van der Waals surface area contributed by atoms with Crippen LogP contribution in [0.5, 0.6) is 0 Å². The summed E-state index contributed by atoms with van der Waals surface area (Å²) in [5.41, 5.74) is -0.826. The van der Waals surface area contributed by atoms with E-state index in [4.69, 9.17) is 63.1 Å². The first-order valence-electron chi connectivity index (χ1n) is 24.5. The molecule has 24 heteroatoms. The highest BCUT2D eigenvalue weighted by Crippen LogP contribution is 2.37. The lowest BCUT2D eigenvalue weighted by Crippen LogP contribution is -2.65. The molecule has 3 fully saturated rings. The summed E-state index contributed by atoms with van der Waals surface area (Å²) in [5, 5.41) is 88.1. The summed E-state index contributed by atoms with van der Waals surface area (Å²) < 4.78 is 54.4. The van der Waals surface area contributed by atoms with Crippen molar-refractivity contribution in [2.45, 2.75) is 197 Å². The highest BCUT2D eigenvalue weighted by Gasteiger charge is 2.52. The predicted molar refractivity (Wildman–Crippen MR) is 253 cm³/mol. The Balaban J connectivity index is 0.00000126. The normalized spacial score (nSPS) is 42.3. The molecule has 23 atom stereocenters. The molecule has 73 heavy (non-hydrogen) atoms. The number of hydrogen-bond donors (Lipinski definition) is 9. The molecular weight excluding hydrogens is 971 g/mol. The zero-order valence-electron chi connectivity index (χ0n) is 43.7. The van der Waals surface area contributed by atoms with Crippen LogP contribution in [-0.4, -0.2) is 232 Å². The van der Waals surface area contributed by atoms with Gasteiger partial charge < -0.3 is 98.3 Å². The van der Waals surface area contributed by atoms with E-state index >= 15 is 0 Å². The topological polar surface area (TPSA) is 354 Å². The molecule has 0 aliphatic carbocycles. The van der Waals surface area contributed by atoms with Crippen molar-refractivity contribution < 1.29 is 113 Å². The van der Waals surface area contributed by atoms with Crippen LogP contribution in [0.4, 0.5) is 0 Å². The zero-order chi connectivity index (χ0) is 55.4. The van der Waals surface area contributed by atoms with E-state index in [1.165, 1.54) is 27.2 Å². The van der Waals surface area contributed by atoms with Gasteiger partial charge in [-0.15, -0.1) is 0 Å². The van der Waals surface area contributed by atoms with Crippen LogP contribution >= 0.6 is 0 Å². The molecule has 420 valence electrons. The van der Waals surface area contributed by atoms with Gasteiger partial charge in [0.1, 0.15) is 49.0 Å². The van der Waals surface area contributed by atoms with Crippen molar-refractivity contribution in [2.75, 3.05) is 34.9 Å². The van der Waals surface area contributed by atoms with Crippen LogP contribution in [0, 0.1) is 23.7 Å². The molecular formula is C49H81NO23. The molecule has 4 rings (SSSR count). The van der Waals surface area contributed by atoms with Crippen LogP contribution in [0.2, 0.25) is 0 Å². The van der Waals surface area contributed by atoms with Gasteiger partial charge in [-0.2, -0.15) is 0 Å². The monoisotopic (exact) mass is 1050 g/mol. The number of nitrogens with zero attached hydrogens (tertiary/aromatic N) is 1.